The monoisotopic (exact) mass is 620 g/mol. The summed E-state index contributed by atoms with van der Waals surface area (Å²) in [5.74, 6) is 0.794. The molecule has 8 rings (SSSR count). The highest BCUT2D eigenvalue weighted by atomic mass is 16.3. The van der Waals surface area contributed by atoms with Gasteiger partial charge in [0.05, 0.1) is 28.5 Å². The maximum absolute atomic E-state index is 10.7. The number of fused-ring (bicyclic) bond motifs is 1. The molecule has 230 valence electrons. The standard InChI is InChI=1S/C43H32N4O/c1-28-22-38(41(48)27-45-28)43-46-42-37(14-9-15-40(42)47(43)2)35-23-34(30-12-7-4-8-13-30)24-36(25-35)39-26-33(20-21-44-39)32-18-16-31(17-19-32)29-10-5-3-6-11-29/h3-27,48H,1-2H3. The normalized spacial score (nSPS) is 11.2. The Hall–Kier alpha value is -6.33. The maximum Gasteiger partial charge on any atom is 0.144 e. The van der Waals surface area contributed by atoms with E-state index in [4.69, 9.17) is 9.97 Å². The van der Waals surface area contributed by atoms with Crippen LogP contribution in [-0.2, 0) is 7.05 Å². The zero-order valence-corrected chi connectivity index (χ0v) is 26.7. The fourth-order valence-electron chi connectivity index (χ4n) is 6.40. The maximum atomic E-state index is 10.7. The lowest BCUT2D eigenvalue weighted by Gasteiger charge is -2.12. The van der Waals surface area contributed by atoms with E-state index >= 15 is 0 Å². The van der Waals surface area contributed by atoms with Crippen molar-refractivity contribution in [2.45, 2.75) is 6.92 Å². The second kappa shape index (κ2) is 12.1. The van der Waals surface area contributed by atoms with Crippen LogP contribution < -0.4 is 0 Å². The first-order valence-corrected chi connectivity index (χ1v) is 16.0. The van der Waals surface area contributed by atoms with Gasteiger partial charge in [0.15, 0.2) is 0 Å². The van der Waals surface area contributed by atoms with Crippen molar-refractivity contribution in [3.8, 4) is 72.9 Å². The lowest BCUT2D eigenvalue weighted by atomic mass is 9.93. The number of para-hydroxylation sites is 1. The van der Waals surface area contributed by atoms with Gasteiger partial charge in [0.25, 0.3) is 0 Å². The van der Waals surface area contributed by atoms with E-state index in [9.17, 15) is 5.11 Å². The minimum Gasteiger partial charge on any atom is -0.506 e. The van der Waals surface area contributed by atoms with Gasteiger partial charge in [0.1, 0.15) is 11.6 Å². The number of nitrogens with zero attached hydrogens (tertiary/aromatic N) is 4. The Morgan fingerprint density at radius 3 is 1.88 bits per heavy atom. The third kappa shape index (κ3) is 5.41. The number of hydrogen-bond acceptors (Lipinski definition) is 4. The van der Waals surface area contributed by atoms with Crippen LogP contribution in [0, 0.1) is 6.92 Å². The fraction of sp³-hybridized carbons (Fsp3) is 0.0465. The van der Waals surface area contributed by atoms with Crippen LogP contribution in [0.15, 0.2) is 152 Å². The number of pyridine rings is 2. The molecule has 0 radical (unpaired) electrons. The minimum atomic E-state index is 0.106. The summed E-state index contributed by atoms with van der Waals surface area (Å²) in [6, 6.07) is 48.6. The first-order chi connectivity index (χ1) is 23.5. The van der Waals surface area contributed by atoms with Crippen LogP contribution in [0.4, 0.5) is 0 Å². The predicted molar refractivity (Wildman–Crippen MR) is 195 cm³/mol. The van der Waals surface area contributed by atoms with E-state index in [1.54, 1.807) is 0 Å². The molecular weight excluding hydrogens is 589 g/mol. The van der Waals surface area contributed by atoms with Gasteiger partial charge in [-0.2, -0.15) is 0 Å². The van der Waals surface area contributed by atoms with E-state index in [1.807, 2.05) is 42.9 Å². The van der Waals surface area contributed by atoms with Crippen molar-refractivity contribution in [2.75, 3.05) is 0 Å². The Labute approximate surface area is 279 Å². The lowest BCUT2D eigenvalue weighted by Crippen LogP contribution is -1.94. The molecule has 0 unspecified atom stereocenters. The van der Waals surface area contributed by atoms with Crippen LogP contribution in [0.3, 0.4) is 0 Å². The molecule has 0 saturated carbocycles. The third-order valence-electron chi connectivity index (χ3n) is 8.90. The molecule has 0 aliphatic heterocycles. The van der Waals surface area contributed by atoms with Gasteiger partial charge in [-0.3, -0.25) is 9.97 Å². The van der Waals surface area contributed by atoms with Gasteiger partial charge in [0.2, 0.25) is 0 Å². The van der Waals surface area contributed by atoms with E-state index in [2.05, 4.69) is 126 Å². The first kappa shape index (κ1) is 29.1. The highest BCUT2D eigenvalue weighted by molar-refractivity contribution is 5.96. The van der Waals surface area contributed by atoms with Crippen molar-refractivity contribution in [1.29, 1.82) is 0 Å². The Balaban J connectivity index is 1.25. The van der Waals surface area contributed by atoms with Crippen molar-refractivity contribution in [2.24, 2.45) is 7.05 Å². The van der Waals surface area contributed by atoms with Crippen molar-refractivity contribution >= 4 is 11.0 Å². The highest BCUT2D eigenvalue weighted by Crippen LogP contribution is 2.38. The molecule has 3 heterocycles. The first-order valence-electron chi connectivity index (χ1n) is 16.0. The minimum absolute atomic E-state index is 0.106. The molecule has 0 atom stereocenters. The van der Waals surface area contributed by atoms with Crippen molar-refractivity contribution in [1.82, 2.24) is 19.5 Å². The number of rotatable bonds is 6. The van der Waals surface area contributed by atoms with Crippen molar-refractivity contribution < 1.29 is 5.11 Å². The lowest BCUT2D eigenvalue weighted by molar-refractivity contribution is 0.473. The van der Waals surface area contributed by atoms with E-state index < -0.39 is 0 Å². The second-order valence-corrected chi connectivity index (χ2v) is 12.0. The number of aromatic nitrogens is 4. The van der Waals surface area contributed by atoms with Crippen molar-refractivity contribution in [3.05, 3.63) is 158 Å². The van der Waals surface area contributed by atoms with E-state index in [0.29, 0.717) is 11.4 Å². The van der Waals surface area contributed by atoms with Crippen LogP contribution in [0.1, 0.15) is 5.69 Å². The molecule has 48 heavy (non-hydrogen) atoms. The zero-order valence-electron chi connectivity index (χ0n) is 26.7. The average molecular weight is 621 g/mol. The SMILES string of the molecule is Cc1cc(-c2nc3c(-c4cc(-c5ccccc5)cc(-c5cc(-c6ccc(-c7ccccc7)cc6)ccn5)c4)cccc3n2C)c(O)cn1. The summed E-state index contributed by atoms with van der Waals surface area (Å²) in [6.45, 7) is 1.91. The highest BCUT2D eigenvalue weighted by Gasteiger charge is 2.18. The van der Waals surface area contributed by atoms with Gasteiger partial charge in [-0.05, 0) is 88.3 Å². The molecule has 0 saturated heterocycles. The third-order valence-corrected chi connectivity index (χ3v) is 8.90. The van der Waals surface area contributed by atoms with Gasteiger partial charge < -0.3 is 9.67 Å². The van der Waals surface area contributed by atoms with E-state index in [-0.39, 0.29) is 5.75 Å². The average Bonchev–Trinajstić information content (AvgIpc) is 3.49. The zero-order chi connectivity index (χ0) is 32.6. The van der Waals surface area contributed by atoms with Gasteiger partial charge in [-0.1, -0.05) is 97.1 Å². The van der Waals surface area contributed by atoms with Crippen molar-refractivity contribution in [3.63, 3.8) is 0 Å². The quantitative estimate of drug-likeness (QED) is 0.201. The van der Waals surface area contributed by atoms with Gasteiger partial charge >= 0.3 is 0 Å². The largest absolute Gasteiger partial charge is 0.506 e. The number of imidazole rings is 1. The van der Waals surface area contributed by atoms with Crippen LogP contribution in [0.25, 0.3) is 78.2 Å². The molecule has 0 aliphatic carbocycles. The molecule has 1 N–H and O–H groups in total. The van der Waals surface area contributed by atoms with Gasteiger partial charge in [-0.15, -0.1) is 0 Å². The molecular formula is C43H32N4O. The van der Waals surface area contributed by atoms with E-state index in [0.717, 1.165) is 61.4 Å². The topological polar surface area (TPSA) is 63.8 Å². The van der Waals surface area contributed by atoms with Crippen LogP contribution in [-0.4, -0.2) is 24.6 Å². The Kier molecular flexibility index (Phi) is 7.35. The smallest absolute Gasteiger partial charge is 0.144 e. The predicted octanol–water partition coefficient (Wildman–Crippen LogP) is 10.4. The summed E-state index contributed by atoms with van der Waals surface area (Å²) in [5, 5.41) is 10.7. The van der Waals surface area contributed by atoms with Crippen LogP contribution >= 0.6 is 0 Å². The number of benzene rings is 5. The Bertz CT molecular complexity index is 2410. The fourth-order valence-corrected chi connectivity index (χ4v) is 6.40. The summed E-state index contributed by atoms with van der Waals surface area (Å²) in [6.07, 6.45) is 3.37. The molecule has 0 spiro atoms. The van der Waals surface area contributed by atoms with Gasteiger partial charge in [-0.25, -0.2) is 4.98 Å². The summed E-state index contributed by atoms with van der Waals surface area (Å²) in [7, 11) is 1.98. The molecule has 0 bridgehead atoms. The molecule has 8 aromatic rings. The number of aromatic hydroxyl groups is 1. The molecule has 5 nitrogen and oxygen atoms in total. The summed E-state index contributed by atoms with van der Waals surface area (Å²) in [5.41, 5.74) is 14.1. The molecule has 3 aromatic heterocycles. The number of hydrogen-bond donors (Lipinski definition) is 1. The molecule has 5 aromatic carbocycles. The summed E-state index contributed by atoms with van der Waals surface area (Å²) in [4.78, 5) is 14.2. The Morgan fingerprint density at radius 2 is 1.15 bits per heavy atom. The molecule has 5 heteroatoms. The Morgan fingerprint density at radius 1 is 0.521 bits per heavy atom. The molecule has 0 fully saturated rings. The van der Waals surface area contributed by atoms with Crippen LogP contribution in [0.2, 0.25) is 0 Å². The second-order valence-electron chi connectivity index (χ2n) is 12.0. The molecule has 0 amide bonds. The number of aryl methyl sites for hydroxylation is 2. The molecule has 0 aliphatic rings. The summed E-state index contributed by atoms with van der Waals surface area (Å²) >= 11 is 0. The van der Waals surface area contributed by atoms with Crippen LogP contribution in [0.5, 0.6) is 5.75 Å². The van der Waals surface area contributed by atoms with E-state index in [1.165, 1.54) is 17.3 Å². The summed E-state index contributed by atoms with van der Waals surface area (Å²) < 4.78 is 2.03. The van der Waals surface area contributed by atoms with Gasteiger partial charge in [0, 0.05) is 30.1 Å².